The van der Waals surface area contributed by atoms with Crippen LogP contribution in [0.15, 0.2) is 24.5 Å². The lowest BCUT2D eigenvalue weighted by molar-refractivity contribution is -0.153. The van der Waals surface area contributed by atoms with Crippen molar-refractivity contribution >= 4 is 5.97 Å². The molecule has 0 radical (unpaired) electrons. The van der Waals surface area contributed by atoms with Crippen molar-refractivity contribution in [2.24, 2.45) is 0 Å². The highest BCUT2D eigenvalue weighted by Crippen LogP contribution is 2.14. The number of rotatable bonds is 35. The molecule has 0 unspecified atom stereocenters. The van der Waals surface area contributed by atoms with E-state index >= 15 is 0 Å². The molecule has 0 aliphatic carbocycles. The molecule has 4 heteroatoms. The molecular formula is C39H74O4. The molecule has 43 heavy (non-hydrogen) atoms. The monoisotopic (exact) mass is 607 g/mol. The third-order valence-electron chi connectivity index (χ3n) is 8.34. The molecule has 1 N–H and O–H groups in total. The molecule has 0 rings (SSSR count). The van der Waals surface area contributed by atoms with Crippen LogP contribution in [-0.2, 0) is 14.3 Å². The van der Waals surface area contributed by atoms with Crippen LogP contribution in [0, 0.1) is 0 Å². The number of esters is 1. The van der Waals surface area contributed by atoms with E-state index in [-0.39, 0.29) is 19.2 Å². The predicted octanol–water partition coefficient (Wildman–Crippen LogP) is 12.3. The fraction of sp³-hybridized carbons (Fsp3) is 0.872. The molecule has 0 aromatic rings. The number of carbonyl (C=O) groups is 1. The zero-order valence-corrected chi connectivity index (χ0v) is 29.0. The standard InChI is InChI=1S/C39H74O4/c1-3-5-7-9-11-13-15-17-19-21-23-25-27-29-31-33-35-42-37-38(36-40)43-39(41)34-32-30-28-26-24-22-20-18-16-14-12-10-8-6-4-2/h18,20,33,35,38,40H,3-17,19,21-32,34,36-37H2,1-2H3/b20-18-,35-33-/t38-/m0/s1. The summed E-state index contributed by atoms with van der Waals surface area (Å²) in [6.45, 7) is 4.56. The maximum Gasteiger partial charge on any atom is 0.306 e. The Labute approximate surface area is 268 Å². The van der Waals surface area contributed by atoms with Gasteiger partial charge in [-0.05, 0) is 51.0 Å². The average molecular weight is 607 g/mol. The van der Waals surface area contributed by atoms with Gasteiger partial charge in [0.15, 0.2) is 6.10 Å². The SMILES string of the molecule is CCCCCCCC/C=C\CCCCCCCC(=O)O[C@@H](CO)CO/C=C\CCCCCCCCCCCCCCCC. The molecular weight excluding hydrogens is 532 g/mol. The number of allylic oxidation sites excluding steroid dienone is 3. The summed E-state index contributed by atoms with van der Waals surface area (Å²) in [4.78, 5) is 12.1. The van der Waals surface area contributed by atoms with E-state index in [1.54, 1.807) is 6.26 Å². The number of hydrogen-bond donors (Lipinski definition) is 1. The van der Waals surface area contributed by atoms with Gasteiger partial charge < -0.3 is 14.6 Å². The van der Waals surface area contributed by atoms with Crippen LogP contribution in [0.5, 0.6) is 0 Å². The largest absolute Gasteiger partial charge is 0.498 e. The fourth-order valence-electron chi connectivity index (χ4n) is 5.46. The van der Waals surface area contributed by atoms with Crippen molar-refractivity contribution in [3.63, 3.8) is 0 Å². The van der Waals surface area contributed by atoms with Gasteiger partial charge in [0.25, 0.3) is 0 Å². The first-order valence-electron chi connectivity index (χ1n) is 19.0. The quantitative estimate of drug-likeness (QED) is 0.0337. The highest BCUT2D eigenvalue weighted by Gasteiger charge is 2.13. The highest BCUT2D eigenvalue weighted by atomic mass is 16.6. The summed E-state index contributed by atoms with van der Waals surface area (Å²) in [5.41, 5.74) is 0. The van der Waals surface area contributed by atoms with Gasteiger partial charge in [-0.3, -0.25) is 4.79 Å². The van der Waals surface area contributed by atoms with Crippen LogP contribution in [0.2, 0.25) is 0 Å². The smallest absolute Gasteiger partial charge is 0.306 e. The maximum absolute atomic E-state index is 12.1. The van der Waals surface area contributed by atoms with E-state index in [1.165, 1.54) is 154 Å². The lowest BCUT2D eigenvalue weighted by Gasteiger charge is -2.15. The highest BCUT2D eigenvalue weighted by molar-refractivity contribution is 5.69. The molecule has 0 heterocycles. The van der Waals surface area contributed by atoms with Crippen molar-refractivity contribution in [2.45, 2.75) is 206 Å². The number of aliphatic hydroxyl groups is 1. The number of unbranched alkanes of at least 4 members (excludes halogenated alkanes) is 25. The summed E-state index contributed by atoms with van der Waals surface area (Å²) >= 11 is 0. The van der Waals surface area contributed by atoms with Crippen LogP contribution in [0.4, 0.5) is 0 Å². The lowest BCUT2D eigenvalue weighted by atomic mass is 10.0. The van der Waals surface area contributed by atoms with E-state index in [2.05, 4.69) is 26.0 Å². The van der Waals surface area contributed by atoms with Gasteiger partial charge in [-0.1, -0.05) is 161 Å². The number of hydrogen-bond acceptors (Lipinski definition) is 4. The Kier molecular flexibility index (Phi) is 35.8. The van der Waals surface area contributed by atoms with Crippen LogP contribution in [0.3, 0.4) is 0 Å². The number of aliphatic hydroxyl groups excluding tert-OH is 1. The van der Waals surface area contributed by atoms with Crippen molar-refractivity contribution in [1.29, 1.82) is 0 Å². The Morgan fingerprint density at radius 1 is 0.535 bits per heavy atom. The molecule has 1 atom stereocenters. The van der Waals surface area contributed by atoms with Crippen molar-refractivity contribution in [2.75, 3.05) is 13.2 Å². The zero-order valence-electron chi connectivity index (χ0n) is 29.0. The molecule has 0 aromatic carbocycles. The summed E-state index contributed by atoms with van der Waals surface area (Å²) < 4.78 is 10.9. The molecule has 0 spiro atoms. The zero-order chi connectivity index (χ0) is 31.3. The normalized spacial score (nSPS) is 12.4. The second-order valence-electron chi connectivity index (χ2n) is 12.7. The molecule has 0 aromatic heterocycles. The first-order chi connectivity index (χ1) is 21.2. The Bertz CT molecular complexity index is 600. The summed E-state index contributed by atoms with van der Waals surface area (Å²) in [6, 6.07) is 0. The first kappa shape index (κ1) is 41.7. The van der Waals surface area contributed by atoms with Crippen LogP contribution in [0.25, 0.3) is 0 Å². The Morgan fingerprint density at radius 2 is 0.907 bits per heavy atom. The molecule has 0 fully saturated rings. The van der Waals surface area contributed by atoms with Gasteiger partial charge in [0.1, 0.15) is 6.61 Å². The minimum Gasteiger partial charge on any atom is -0.498 e. The average Bonchev–Trinajstić information content (AvgIpc) is 3.01. The van der Waals surface area contributed by atoms with Gasteiger partial charge in [-0.25, -0.2) is 0 Å². The maximum atomic E-state index is 12.1. The van der Waals surface area contributed by atoms with E-state index in [1.807, 2.05) is 6.08 Å². The van der Waals surface area contributed by atoms with E-state index in [9.17, 15) is 9.90 Å². The summed E-state index contributed by atoms with van der Waals surface area (Å²) in [5.74, 6) is -0.230. The van der Waals surface area contributed by atoms with Gasteiger partial charge in [-0.2, -0.15) is 0 Å². The Morgan fingerprint density at radius 3 is 1.33 bits per heavy atom. The minimum absolute atomic E-state index is 0.203. The first-order valence-corrected chi connectivity index (χ1v) is 19.0. The topological polar surface area (TPSA) is 55.8 Å². The van der Waals surface area contributed by atoms with Crippen LogP contribution < -0.4 is 0 Å². The molecule has 4 nitrogen and oxygen atoms in total. The molecule has 0 aliphatic rings. The molecule has 0 bridgehead atoms. The minimum atomic E-state index is -0.582. The van der Waals surface area contributed by atoms with Gasteiger partial charge in [0, 0.05) is 6.42 Å². The second kappa shape index (κ2) is 36.9. The van der Waals surface area contributed by atoms with Gasteiger partial charge in [0.05, 0.1) is 12.9 Å². The van der Waals surface area contributed by atoms with Gasteiger partial charge >= 0.3 is 5.97 Å². The molecule has 0 aliphatic heterocycles. The summed E-state index contributed by atoms with van der Waals surface area (Å²) in [7, 11) is 0. The summed E-state index contributed by atoms with van der Waals surface area (Å²) in [6.07, 6.45) is 44.6. The molecule has 0 saturated heterocycles. The number of ether oxygens (including phenoxy) is 2. The Balaban J connectivity index is 3.48. The predicted molar refractivity (Wildman–Crippen MR) is 186 cm³/mol. The second-order valence-corrected chi connectivity index (χ2v) is 12.7. The molecule has 254 valence electrons. The van der Waals surface area contributed by atoms with Gasteiger partial charge in [-0.15, -0.1) is 0 Å². The van der Waals surface area contributed by atoms with Crippen molar-refractivity contribution < 1.29 is 19.4 Å². The van der Waals surface area contributed by atoms with Crippen LogP contribution in [-0.4, -0.2) is 30.4 Å². The van der Waals surface area contributed by atoms with E-state index in [0.717, 1.165) is 25.7 Å². The number of carbonyl (C=O) groups excluding carboxylic acids is 1. The Hall–Kier alpha value is -1.29. The van der Waals surface area contributed by atoms with E-state index in [0.29, 0.717) is 6.42 Å². The third-order valence-corrected chi connectivity index (χ3v) is 8.34. The fourth-order valence-corrected chi connectivity index (χ4v) is 5.46. The van der Waals surface area contributed by atoms with Crippen molar-refractivity contribution in [1.82, 2.24) is 0 Å². The molecule has 0 amide bonds. The van der Waals surface area contributed by atoms with Crippen molar-refractivity contribution in [3.05, 3.63) is 24.5 Å². The molecule has 0 saturated carbocycles. The van der Waals surface area contributed by atoms with E-state index in [4.69, 9.17) is 9.47 Å². The van der Waals surface area contributed by atoms with Crippen LogP contribution in [0.1, 0.15) is 200 Å². The van der Waals surface area contributed by atoms with E-state index < -0.39 is 6.10 Å². The third kappa shape index (κ3) is 35.1. The van der Waals surface area contributed by atoms with Crippen molar-refractivity contribution in [3.8, 4) is 0 Å². The summed E-state index contributed by atoms with van der Waals surface area (Å²) in [5, 5.41) is 9.54. The van der Waals surface area contributed by atoms with Crippen LogP contribution >= 0.6 is 0 Å². The van der Waals surface area contributed by atoms with Gasteiger partial charge in [0.2, 0.25) is 0 Å². The lowest BCUT2D eigenvalue weighted by Crippen LogP contribution is -2.26.